The van der Waals surface area contributed by atoms with E-state index in [-0.39, 0.29) is 11.3 Å². The van der Waals surface area contributed by atoms with Gasteiger partial charge in [0.25, 0.3) is 5.91 Å². The lowest BCUT2D eigenvalue weighted by atomic mass is 9.77. The first-order valence-electron chi connectivity index (χ1n) is 12.5. The number of aromatic nitrogens is 4. The van der Waals surface area contributed by atoms with Gasteiger partial charge in [-0.2, -0.15) is 8.78 Å². The highest BCUT2D eigenvalue weighted by atomic mass is 19.3. The number of aliphatic hydroxyl groups is 1. The molecule has 1 saturated carbocycles. The number of ether oxygens (including phenoxy) is 1. The molecule has 7 rings (SSSR count). The average molecular weight is 519 g/mol. The Hall–Kier alpha value is -3.96. The fourth-order valence-electron chi connectivity index (χ4n) is 6.04. The quantitative estimate of drug-likeness (QED) is 0.412. The van der Waals surface area contributed by atoms with Crippen molar-refractivity contribution in [3.05, 3.63) is 71.6 Å². The zero-order chi connectivity index (χ0) is 26.2. The van der Waals surface area contributed by atoms with E-state index in [1.165, 1.54) is 17.0 Å². The molecule has 0 radical (unpaired) electrons. The molecule has 1 aliphatic carbocycles. The predicted molar refractivity (Wildman–Crippen MR) is 132 cm³/mol. The number of amides is 1. The highest BCUT2D eigenvalue weighted by Crippen LogP contribution is 2.50. The number of halogens is 2. The molecule has 3 N–H and O–H groups in total. The number of nitrogens with two attached hydrogens (primary N) is 1. The third kappa shape index (κ3) is 3.28. The van der Waals surface area contributed by atoms with Crippen LogP contribution in [0.4, 0.5) is 8.78 Å². The molecular weight excluding hydrogens is 494 g/mol. The van der Waals surface area contributed by atoms with Gasteiger partial charge in [-0.3, -0.25) is 4.79 Å². The standard InChI is InChI=1S/C27H24F2N6O3/c28-26(29)38-21-4-1-3-16-22(21)19-10-20(34(13-36)24(16)37)23-33-17-6-5-14(9-18(17)35(19)23)15-11-31-25(32-12-15)27(30)7-2-8-27/h1,3-6,9,11-12,19-20,26,36H,2,7-8,10,13,30H2/t19-,20-/m1/s1. The molecule has 1 fully saturated rings. The van der Waals surface area contributed by atoms with Crippen LogP contribution in [0.1, 0.15) is 65.3 Å². The van der Waals surface area contributed by atoms with E-state index in [0.717, 1.165) is 35.9 Å². The van der Waals surface area contributed by atoms with Crippen LogP contribution in [0.15, 0.2) is 48.8 Å². The molecule has 0 spiro atoms. The Bertz CT molecular complexity index is 1580. The fraction of sp³-hybridized carbons (Fsp3) is 0.333. The summed E-state index contributed by atoms with van der Waals surface area (Å²) in [6, 6.07) is 9.27. The van der Waals surface area contributed by atoms with E-state index in [1.54, 1.807) is 18.5 Å². The van der Waals surface area contributed by atoms with Crippen LogP contribution in [0.5, 0.6) is 5.75 Å². The topological polar surface area (TPSA) is 119 Å². The molecule has 38 heavy (non-hydrogen) atoms. The summed E-state index contributed by atoms with van der Waals surface area (Å²) in [6.45, 7) is -3.58. The second-order valence-electron chi connectivity index (χ2n) is 10.1. The number of hydrogen-bond donors (Lipinski definition) is 2. The van der Waals surface area contributed by atoms with E-state index in [2.05, 4.69) is 9.97 Å². The predicted octanol–water partition coefficient (Wildman–Crippen LogP) is 3.87. The van der Waals surface area contributed by atoms with Gasteiger partial charge in [-0.1, -0.05) is 12.1 Å². The molecule has 0 saturated heterocycles. The number of benzene rings is 2. The molecule has 2 bridgehead atoms. The summed E-state index contributed by atoms with van der Waals surface area (Å²) in [6.07, 6.45) is 6.71. The van der Waals surface area contributed by atoms with Crippen LogP contribution in [0, 0.1) is 0 Å². The number of hydrogen-bond acceptors (Lipinski definition) is 7. The van der Waals surface area contributed by atoms with Crippen LogP contribution in [0.2, 0.25) is 0 Å². The maximum absolute atomic E-state index is 13.3. The number of nitrogens with zero attached hydrogens (tertiary/aromatic N) is 5. The Balaban J connectivity index is 1.38. The van der Waals surface area contributed by atoms with Gasteiger partial charge in [-0.15, -0.1) is 0 Å². The van der Waals surface area contributed by atoms with Gasteiger partial charge >= 0.3 is 6.61 Å². The number of alkyl halides is 2. The summed E-state index contributed by atoms with van der Waals surface area (Å²) < 4.78 is 33.5. The highest BCUT2D eigenvalue weighted by molar-refractivity contribution is 5.98. The second-order valence-corrected chi connectivity index (χ2v) is 10.1. The summed E-state index contributed by atoms with van der Waals surface area (Å²) >= 11 is 0. The van der Waals surface area contributed by atoms with Crippen molar-refractivity contribution in [2.45, 2.75) is 49.9 Å². The minimum Gasteiger partial charge on any atom is -0.434 e. The maximum atomic E-state index is 13.3. The smallest absolute Gasteiger partial charge is 0.387 e. The van der Waals surface area contributed by atoms with Gasteiger partial charge in [0.2, 0.25) is 0 Å². The number of rotatable bonds is 5. The maximum Gasteiger partial charge on any atom is 0.387 e. The van der Waals surface area contributed by atoms with Crippen LogP contribution in [-0.4, -0.2) is 48.8 Å². The lowest BCUT2D eigenvalue weighted by molar-refractivity contribution is -0.0507. The van der Waals surface area contributed by atoms with Crippen molar-refractivity contribution in [2.24, 2.45) is 5.73 Å². The lowest BCUT2D eigenvalue weighted by Gasteiger charge is -2.36. The number of aliphatic hydroxyl groups excluding tert-OH is 1. The van der Waals surface area contributed by atoms with Crippen molar-refractivity contribution in [3.63, 3.8) is 0 Å². The zero-order valence-electron chi connectivity index (χ0n) is 20.2. The summed E-state index contributed by atoms with van der Waals surface area (Å²) in [7, 11) is 0. The molecule has 194 valence electrons. The second kappa shape index (κ2) is 8.27. The number of carbonyl (C=O) groups excluding carboxylic acids is 1. The summed E-state index contributed by atoms with van der Waals surface area (Å²) in [4.78, 5) is 28.5. The van der Waals surface area contributed by atoms with Crippen LogP contribution in [-0.2, 0) is 5.54 Å². The Morgan fingerprint density at radius 3 is 2.61 bits per heavy atom. The summed E-state index contributed by atoms with van der Waals surface area (Å²) in [5.74, 6) is 0.718. The molecule has 2 atom stereocenters. The molecule has 4 aromatic rings. The van der Waals surface area contributed by atoms with Crippen molar-refractivity contribution < 1.29 is 23.4 Å². The van der Waals surface area contributed by atoms with Crippen molar-refractivity contribution >= 4 is 16.9 Å². The third-order valence-corrected chi connectivity index (χ3v) is 8.08. The van der Waals surface area contributed by atoms with E-state index < -0.39 is 36.9 Å². The average Bonchev–Trinajstić information content (AvgIpc) is 3.41. The fourth-order valence-corrected chi connectivity index (χ4v) is 6.04. The Morgan fingerprint density at radius 1 is 1.13 bits per heavy atom. The summed E-state index contributed by atoms with van der Waals surface area (Å²) in [5, 5.41) is 10.1. The van der Waals surface area contributed by atoms with Gasteiger partial charge in [0, 0.05) is 35.5 Å². The molecule has 2 aromatic carbocycles. The number of carbonyl (C=O) groups is 1. The molecule has 3 aliphatic rings. The monoisotopic (exact) mass is 518 g/mol. The molecule has 1 amide bonds. The van der Waals surface area contributed by atoms with Crippen molar-refractivity contribution in [2.75, 3.05) is 6.73 Å². The first kappa shape index (κ1) is 23.2. The Kier molecular flexibility index (Phi) is 5.04. The SMILES string of the molecule is NC1(c2ncc(-c3ccc4nc5n(c4c3)[C@@H]3C[C@H]5N(CO)C(=O)c4cccc(OC(F)F)c43)cn2)CCC1. The normalized spacial score (nSPS) is 21.3. The Morgan fingerprint density at radius 2 is 1.92 bits per heavy atom. The van der Waals surface area contributed by atoms with E-state index >= 15 is 0 Å². The van der Waals surface area contributed by atoms with Gasteiger partial charge in [-0.05, 0) is 49.1 Å². The van der Waals surface area contributed by atoms with Crippen molar-refractivity contribution in [3.8, 4) is 16.9 Å². The molecular formula is C27H24F2N6O3. The van der Waals surface area contributed by atoms with E-state index in [0.29, 0.717) is 29.1 Å². The zero-order valence-corrected chi connectivity index (χ0v) is 20.2. The van der Waals surface area contributed by atoms with E-state index in [4.69, 9.17) is 15.5 Å². The molecule has 4 heterocycles. The van der Waals surface area contributed by atoms with Gasteiger partial charge in [0.1, 0.15) is 24.1 Å². The molecule has 2 aromatic heterocycles. The highest BCUT2D eigenvalue weighted by Gasteiger charge is 2.46. The minimum absolute atomic E-state index is 0.0593. The lowest BCUT2D eigenvalue weighted by Crippen LogP contribution is -2.44. The van der Waals surface area contributed by atoms with Crippen LogP contribution < -0.4 is 10.5 Å². The summed E-state index contributed by atoms with van der Waals surface area (Å²) in [5.41, 5.74) is 9.64. The first-order chi connectivity index (χ1) is 18.4. The molecule has 2 aliphatic heterocycles. The van der Waals surface area contributed by atoms with Crippen LogP contribution >= 0.6 is 0 Å². The van der Waals surface area contributed by atoms with Gasteiger partial charge in [0.05, 0.1) is 28.7 Å². The molecule has 9 nitrogen and oxygen atoms in total. The number of fused-ring (bicyclic) bond motifs is 9. The van der Waals surface area contributed by atoms with Crippen LogP contribution in [0.3, 0.4) is 0 Å². The van der Waals surface area contributed by atoms with Gasteiger partial charge in [-0.25, -0.2) is 15.0 Å². The van der Waals surface area contributed by atoms with Gasteiger partial charge < -0.3 is 25.0 Å². The first-order valence-corrected chi connectivity index (χ1v) is 12.5. The minimum atomic E-state index is -3.05. The van der Waals surface area contributed by atoms with Crippen molar-refractivity contribution in [1.82, 2.24) is 24.4 Å². The molecule has 11 heteroatoms. The van der Waals surface area contributed by atoms with Gasteiger partial charge in [0.15, 0.2) is 0 Å². The Labute approximate surface area is 215 Å². The molecule has 0 unspecified atom stereocenters. The van der Waals surface area contributed by atoms with E-state index in [9.17, 15) is 18.7 Å². The van der Waals surface area contributed by atoms with Crippen molar-refractivity contribution in [1.29, 1.82) is 0 Å². The largest absolute Gasteiger partial charge is 0.434 e. The van der Waals surface area contributed by atoms with Crippen LogP contribution in [0.25, 0.3) is 22.2 Å². The number of imidazole rings is 1. The third-order valence-electron chi connectivity index (χ3n) is 8.08. The van der Waals surface area contributed by atoms with E-state index in [1.807, 2.05) is 22.8 Å².